The van der Waals surface area contributed by atoms with Crippen LogP contribution in [0, 0.1) is 0 Å². The molecule has 34 heavy (non-hydrogen) atoms. The summed E-state index contributed by atoms with van der Waals surface area (Å²) in [6.07, 6.45) is 9.81. The standard InChI is InChI=1S/C29H26N4O/c34-27(23-11-10-20-8-4-5-9-22(20)16-23)25-17-30-28-26(25)29(32-18-31-28)33-24-14-12-21(13-15-24)19-6-2-1-3-7-19/h4-5,8-19H,1-3,6-7H2,(H2,30,31,32,33). The normalized spacial score (nSPS) is 14.5. The fraction of sp³-hybridized carbons (Fsp3) is 0.207. The Balaban J connectivity index is 1.32. The minimum atomic E-state index is -0.0532. The molecule has 0 atom stereocenters. The lowest BCUT2D eigenvalue weighted by atomic mass is 9.84. The van der Waals surface area contributed by atoms with E-state index in [1.165, 1.54) is 44.0 Å². The van der Waals surface area contributed by atoms with Gasteiger partial charge in [0.2, 0.25) is 0 Å². The van der Waals surface area contributed by atoms with Crippen molar-refractivity contribution in [1.29, 1.82) is 0 Å². The maximum atomic E-state index is 13.5. The lowest BCUT2D eigenvalue weighted by Gasteiger charge is -2.22. The van der Waals surface area contributed by atoms with Crippen molar-refractivity contribution in [2.75, 3.05) is 5.32 Å². The van der Waals surface area contributed by atoms with Crippen molar-refractivity contribution < 1.29 is 4.79 Å². The highest BCUT2D eigenvalue weighted by Crippen LogP contribution is 2.34. The highest BCUT2D eigenvalue weighted by atomic mass is 16.1. The number of ketones is 1. The molecule has 2 heterocycles. The molecule has 168 valence electrons. The number of carbonyl (C=O) groups excluding carboxylic acids is 1. The fourth-order valence-electron chi connectivity index (χ4n) is 5.13. The Hall–Kier alpha value is -3.99. The second-order valence-electron chi connectivity index (χ2n) is 9.12. The van der Waals surface area contributed by atoms with Crippen LogP contribution in [0.5, 0.6) is 0 Å². The van der Waals surface area contributed by atoms with Gasteiger partial charge in [-0.3, -0.25) is 4.79 Å². The molecular weight excluding hydrogens is 420 g/mol. The van der Waals surface area contributed by atoms with Crippen molar-refractivity contribution in [3.8, 4) is 0 Å². The number of aromatic nitrogens is 3. The zero-order valence-corrected chi connectivity index (χ0v) is 18.9. The predicted molar refractivity (Wildman–Crippen MR) is 137 cm³/mol. The molecule has 0 saturated heterocycles. The molecular formula is C29H26N4O. The van der Waals surface area contributed by atoms with Gasteiger partial charge in [-0.25, -0.2) is 9.97 Å². The molecule has 0 aliphatic heterocycles. The summed E-state index contributed by atoms with van der Waals surface area (Å²) in [6, 6.07) is 22.5. The molecule has 1 aliphatic carbocycles. The van der Waals surface area contributed by atoms with Crippen LogP contribution >= 0.6 is 0 Å². The van der Waals surface area contributed by atoms with E-state index in [2.05, 4.69) is 44.5 Å². The van der Waals surface area contributed by atoms with E-state index in [1.807, 2.05) is 42.5 Å². The molecule has 5 aromatic rings. The number of anilines is 2. The monoisotopic (exact) mass is 446 g/mol. The summed E-state index contributed by atoms with van der Waals surface area (Å²) < 4.78 is 0. The van der Waals surface area contributed by atoms with Gasteiger partial charge < -0.3 is 10.3 Å². The van der Waals surface area contributed by atoms with E-state index >= 15 is 0 Å². The van der Waals surface area contributed by atoms with Crippen molar-refractivity contribution in [2.45, 2.75) is 38.0 Å². The SMILES string of the molecule is O=C(c1ccc2ccccc2c1)c1c[nH]c2ncnc(Nc3ccc(C4CCCCC4)cc3)c12. The smallest absolute Gasteiger partial charge is 0.195 e. The number of H-pyrrole nitrogens is 1. The van der Waals surface area contributed by atoms with E-state index < -0.39 is 0 Å². The van der Waals surface area contributed by atoms with Gasteiger partial charge in [0.25, 0.3) is 0 Å². The zero-order valence-electron chi connectivity index (χ0n) is 18.9. The summed E-state index contributed by atoms with van der Waals surface area (Å²) in [7, 11) is 0. The molecule has 0 bridgehead atoms. The summed E-state index contributed by atoms with van der Waals surface area (Å²) in [6.45, 7) is 0. The van der Waals surface area contributed by atoms with Crippen LogP contribution in [-0.4, -0.2) is 20.7 Å². The number of hydrogen-bond acceptors (Lipinski definition) is 4. The fourth-order valence-corrected chi connectivity index (χ4v) is 5.13. The Kier molecular flexibility index (Phi) is 5.30. The second-order valence-corrected chi connectivity index (χ2v) is 9.12. The molecule has 1 fully saturated rings. The topological polar surface area (TPSA) is 70.7 Å². The molecule has 6 rings (SSSR count). The summed E-state index contributed by atoms with van der Waals surface area (Å²) in [5.41, 5.74) is 4.20. The molecule has 2 N–H and O–H groups in total. The van der Waals surface area contributed by atoms with Gasteiger partial charge in [0.1, 0.15) is 17.8 Å². The number of nitrogens with one attached hydrogen (secondary N) is 2. The maximum absolute atomic E-state index is 13.5. The van der Waals surface area contributed by atoms with Gasteiger partial charge in [0, 0.05) is 17.4 Å². The molecule has 0 amide bonds. The highest BCUT2D eigenvalue weighted by molar-refractivity contribution is 6.19. The largest absolute Gasteiger partial charge is 0.345 e. The number of nitrogens with zero attached hydrogens (tertiary/aromatic N) is 2. The van der Waals surface area contributed by atoms with Crippen molar-refractivity contribution in [1.82, 2.24) is 15.0 Å². The Morgan fingerprint density at radius 3 is 2.50 bits per heavy atom. The first kappa shape index (κ1) is 20.6. The third kappa shape index (κ3) is 3.83. The Bertz CT molecular complexity index is 1480. The first-order valence-corrected chi connectivity index (χ1v) is 12.0. The molecule has 5 heteroatoms. The van der Waals surface area contributed by atoms with E-state index in [0.29, 0.717) is 33.9 Å². The van der Waals surface area contributed by atoms with Crippen LogP contribution in [-0.2, 0) is 0 Å². The van der Waals surface area contributed by atoms with Crippen LogP contribution in [0.3, 0.4) is 0 Å². The van der Waals surface area contributed by atoms with Crippen molar-refractivity contribution in [2.24, 2.45) is 0 Å². The van der Waals surface area contributed by atoms with Gasteiger partial charge in [-0.1, -0.05) is 67.8 Å². The van der Waals surface area contributed by atoms with E-state index in [4.69, 9.17) is 0 Å². The third-order valence-electron chi connectivity index (χ3n) is 6.98. The first-order valence-electron chi connectivity index (χ1n) is 12.0. The molecule has 0 spiro atoms. The number of benzene rings is 3. The molecule has 1 saturated carbocycles. The van der Waals surface area contributed by atoms with Gasteiger partial charge in [-0.15, -0.1) is 0 Å². The lowest BCUT2D eigenvalue weighted by Crippen LogP contribution is -2.05. The lowest BCUT2D eigenvalue weighted by molar-refractivity contribution is 0.104. The van der Waals surface area contributed by atoms with E-state index in [0.717, 1.165) is 16.5 Å². The number of rotatable bonds is 5. The highest BCUT2D eigenvalue weighted by Gasteiger charge is 2.19. The molecule has 0 radical (unpaired) electrons. The van der Waals surface area contributed by atoms with Gasteiger partial charge in [0.05, 0.1) is 10.9 Å². The van der Waals surface area contributed by atoms with Gasteiger partial charge in [-0.05, 0) is 53.3 Å². The molecule has 3 aromatic carbocycles. The minimum absolute atomic E-state index is 0.0532. The molecule has 0 unspecified atom stereocenters. The second kappa shape index (κ2) is 8.75. The molecule has 5 nitrogen and oxygen atoms in total. The van der Waals surface area contributed by atoms with Crippen LogP contribution in [0.2, 0.25) is 0 Å². The van der Waals surface area contributed by atoms with E-state index in [9.17, 15) is 4.79 Å². The summed E-state index contributed by atoms with van der Waals surface area (Å²) in [4.78, 5) is 25.5. The number of fused-ring (bicyclic) bond motifs is 2. The zero-order chi connectivity index (χ0) is 22.9. The molecule has 1 aliphatic rings. The molecule has 2 aromatic heterocycles. The van der Waals surface area contributed by atoms with Crippen LogP contribution in [0.25, 0.3) is 21.8 Å². The maximum Gasteiger partial charge on any atom is 0.195 e. The summed E-state index contributed by atoms with van der Waals surface area (Å²) >= 11 is 0. The average Bonchev–Trinajstić information content (AvgIpc) is 3.34. The van der Waals surface area contributed by atoms with Gasteiger partial charge in [0.15, 0.2) is 5.78 Å². The van der Waals surface area contributed by atoms with Crippen LogP contribution < -0.4 is 5.32 Å². The summed E-state index contributed by atoms with van der Waals surface area (Å²) in [5, 5.41) is 6.28. The van der Waals surface area contributed by atoms with Crippen molar-refractivity contribution in [3.05, 3.63) is 95.9 Å². The van der Waals surface area contributed by atoms with Crippen LogP contribution in [0.4, 0.5) is 11.5 Å². The average molecular weight is 447 g/mol. The summed E-state index contributed by atoms with van der Waals surface area (Å²) in [5.74, 6) is 1.24. The van der Waals surface area contributed by atoms with Crippen LogP contribution in [0.1, 0.15) is 59.5 Å². The first-order chi connectivity index (χ1) is 16.8. The number of carbonyl (C=O) groups is 1. The Morgan fingerprint density at radius 2 is 1.68 bits per heavy atom. The van der Waals surface area contributed by atoms with Gasteiger partial charge >= 0.3 is 0 Å². The minimum Gasteiger partial charge on any atom is -0.345 e. The Labute approximate surface area is 198 Å². The third-order valence-corrected chi connectivity index (χ3v) is 6.98. The Morgan fingerprint density at radius 1 is 0.882 bits per heavy atom. The quantitative estimate of drug-likeness (QED) is 0.282. The van der Waals surface area contributed by atoms with E-state index in [-0.39, 0.29) is 5.78 Å². The van der Waals surface area contributed by atoms with Crippen molar-refractivity contribution >= 4 is 39.1 Å². The number of hydrogen-bond donors (Lipinski definition) is 2. The number of aromatic amines is 1. The van der Waals surface area contributed by atoms with Crippen LogP contribution in [0.15, 0.2) is 79.3 Å². The van der Waals surface area contributed by atoms with E-state index in [1.54, 1.807) is 6.20 Å². The predicted octanol–water partition coefficient (Wildman–Crippen LogP) is 7.13. The van der Waals surface area contributed by atoms with Gasteiger partial charge in [-0.2, -0.15) is 0 Å². The van der Waals surface area contributed by atoms with Crippen molar-refractivity contribution in [3.63, 3.8) is 0 Å².